The molecule has 0 spiro atoms. The SMILES string of the molecule is COC(=O)c1ccc2[nH]c(C(=O)N3C[C@@H]4C[C@H]3CN4C(=O)[C@@H](NC(=O)c3cc4ccccc4[nH]3)C(C)(C)C)cc2c1. The highest BCUT2D eigenvalue weighted by molar-refractivity contribution is 6.02. The van der Waals surface area contributed by atoms with E-state index < -0.39 is 17.4 Å². The predicted octanol–water partition coefficient (Wildman–Crippen LogP) is 3.71. The molecular formula is C31H33N5O5. The molecule has 0 saturated carbocycles. The van der Waals surface area contributed by atoms with Crippen molar-refractivity contribution < 1.29 is 23.9 Å². The number of piperazine rings is 1. The molecule has 2 aliphatic heterocycles. The van der Waals surface area contributed by atoms with Gasteiger partial charge in [-0.3, -0.25) is 14.4 Å². The number of hydrogen-bond donors (Lipinski definition) is 3. The van der Waals surface area contributed by atoms with E-state index in [1.165, 1.54) is 7.11 Å². The lowest BCUT2D eigenvalue weighted by Gasteiger charge is -2.39. The second-order valence-electron chi connectivity index (χ2n) is 12.0. The molecule has 4 heterocycles. The molecule has 2 aromatic heterocycles. The molecule has 2 bridgehead atoms. The summed E-state index contributed by atoms with van der Waals surface area (Å²) in [6.45, 7) is 6.65. The molecule has 0 radical (unpaired) electrons. The zero-order valence-electron chi connectivity index (χ0n) is 23.5. The summed E-state index contributed by atoms with van der Waals surface area (Å²) < 4.78 is 4.80. The first-order chi connectivity index (χ1) is 19.5. The van der Waals surface area contributed by atoms with E-state index >= 15 is 0 Å². The van der Waals surface area contributed by atoms with Gasteiger partial charge >= 0.3 is 5.97 Å². The highest BCUT2D eigenvalue weighted by Crippen LogP contribution is 2.34. The van der Waals surface area contributed by atoms with Crippen molar-refractivity contribution in [3.8, 4) is 0 Å². The highest BCUT2D eigenvalue weighted by Gasteiger charge is 2.50. The van der Waals surface area contributed by atoms with Gasteiger partial charge in [-0.05, 0) is 48.2 Å². The number of nitrogens with one attached hydrogen (secondary N) is 3. The minimum atomic E-state index is -0.734. The number of methoxy groups -OCH3 is 1. The molecule has 41 heavy (non-hydrogen) atoms. The summed E-state index contributed by atoms with van der Waals surface area (Å²) in [5.74, 6) is -1.04. The molecule has 0 unspecified atom stereocenters. The Morgan fingerprint density at radius 3 is 2.22 bits per heavy atom. The maximum atomic E-state index is 13.9. The van der Waals surface area contributed by atoms with Crippen LogP contribution >= 0.6 is 0 Å². The molecule has 2 aliphatic rings. The number of aromatic nitrogens is 2. The van der Waals surface area contributed by atoms with Gasteiger partial charge in [0.1, 0.15) is 17.4 Å². The minimum absolute atomic E-state index is 0.112. The van der Waals surface area contributed by atoms with Gasteiger partial charge in [0.25, 0.3) is 11.8 Å². The van der Waals surface area contributed by atoms with E-state index in [1.54, 1.807) is 30.3 Å². The lowest BCUT2D eigenvalue weighted by atomic mass is 9.85. The van der Waals surface area contributed by atoms with Crippen LogP contribution in [-0.4, -0.2) is 81.8 Å². The number of H-pyrrole nitrogens is 2. The van der Waals surface area contributed by atoms with Gasteiger partial charge in [0, 0.05) is 34.9 Å². The minimum Gasteiger partial charge on any atom is -0.465 e. The van der Waals surface area contributed by atoms with Crippen LogP contribution in [-0.2, 0) is 9.53 Å². The number of para-hydroxylation sites is 1. The van der Waals surface area contributed by atoms with Crippen LogP contribution in [0.15, 0.2) is 54.6 Å². The number of likely N-dealkylation sites (tertiary alicyclic amines) is 2. The summed E-state index contributed by atoms with van der Waals surface area (Å²) >= 11 is 0. The summed E-state index contributed by atoms with van der Waals surface area (Å²) in [6, 6.07) is 15.3. The van der Waals surface area contributed by atoms with Gasteiger partial charge in [0.15, 0.2) is 0 Å². The number of amides is 3. The van der Waals surface area contributed by atoms with Crippen LogP contribution in [0.5, 0.6) is 0 Å². The van der Waals surface area contributed by atoms with E-state index in [4.69, 9.17) is 4.74 Å². The molecule has 10 heteroatoms. The normalized spacial score (nSPS) is 19.1. The van der Waals surface area contributed by atoms with Gasteiger partial charge in [-0.1, -0.05) is 39.0 Å². The van der Waals surface area contributed by atoms with Crippen LogP contribution in [0.4, 0.5) is 0 Å². The Morgan fingerprint density at radius 1 is 0.878 bits per heavy atom. The van der Waals surface area contributed by atoms with E-state index in [1.807, 2.05) is 54.8 Å². The Balaban J connectivity index is 1.15. The van der Waals surface area contributed by atoms with Gasteiger partial charge in [-0.2, -0.15) is 0 Å². The molecular weight excluding hydrogens is 522 g/mol. The highest BCUT2D eigenvalue weighted by atomic mass is 16.5. The fraction of sp³-hybridized carbons (Fsp3) is 0.355. The van der Waals surface area contributed by atoms with Crippen molar-refractivity contribution in [2.75, 3.05) is 20.2 Å². The number of hydrogen-bond acceptors (Lipinski definition) is 5. The number of carbonyl (C=O) groups excluding carboxylic acids is 4. The number of carbonyl (C=O) groups is 4. The lowest BCUT2D eigenvalue weighted by molar-refractivity contribution is -0.138. The van der Waals surface area contributed by atoms with Crippen molar-refractivity contribution in [3.05, 3.63) is 71.5 Å². The second kappa shape index (κ2) is 9.79. The molecule has 212 valence electrons. The number of ether oxygens (including phenoxy) is 1. The zero-order chi connectivity index (χ0) is 29.1. The van der Waals surface area contributed by atoms with Crippen molar-refractivity contribution in [3.63, 3.8) is 0 Å². The van der Waals surface area contributed by atoms with E-state index in [2.05, 4.69) is 15.3 Å². The van der Waals surface area contributed by atoms with Crippen molar-refractivity contribution in [2.45, 2.75) is 45.3 Å². The third-order valence-corrected chi connectivity index (χ3v) is 8.22. The molecule has 3 atom stereocenters. The van der Waals surface area contributed by atoms with E-state index in [-0.39, 0.29) is 29.8 Å². The van der Waals surface area contributed by atoms with Crippen molar-refractivity contribution >= 4 is 45.5 Å². The quantitative estimate of drug-likeness (QED) is 0.324. The Hall–Kier alpha value is -4.60. The number of benzene rings is 2. The molecule has 6 rings (SSSR count). The number of nitrogens with zero attached hydrogens (tertiary/aromatic N) is 2. The van der Waals surface area contributed by atoms with Crippen LogP contribution in [0.3, 0.4) is 0 Å². The summed E-state index contributed by atoms with van der Waals surface area (Å²) in [7, 11) is 1.33. The fourth-order valence-electron chi connectivity index (χ4n) is 6.05. The first kappa shape index (κ1) is 26.6. The molecule has 3 N–H and O–H groups in total. The Labute approximate surface area is 237 Å². The topological polar surface area (TPSA) is 128 Å². The molecule has 4 aromatic rings. The fourth-order valence-corrected chi connectivity index (χ4v) is 6.05. The van der Waals surface area contributed by atoms with Crippen molar-refractivity contribution in [1.29, 1.82) is 0 Å². The third kappa shape index (κ3) is 4.73. The van der Waals surface area contributed by atoms with Crippen molar-refractivity contribution in [2.24, 2.45) is 5.41 Å². The molecule has 0 aliphatic carbocycles. The smallest absolute Gasteiger partial charge is 0.337 e. The first-order valence-corrected chi connectivity index (χ1v) is 13.7. The number of aromatic amines is 2. The van der Waals surface area contributed by atoms with Crippen LogP contribution in [0.2, 0.25) is 0 Å². The predicted molar refractivity (Wildman–Crippen MR) is 154 cm³/mol. The molecule has 2 saturated heterocycles. The Kier molecular flexibility index (Phi) is 6.36. The summed E-state index contributed by atoms with van der Waals surface area (Å²) in [6.07, 6.45) is 0.691. The first-order valence-electron chi connectivity index (χ1n) is 13.7. The third-order valence-electron chi connectivity index (χ3n) is 8.22. The van der Waals surface area contributed by atoms with E-state index in [9.17, 15) is 19.2 Å². The molecule has 2 aromatic carbocycles. The number of rotatable bonds is 5. The van der Waals surface area contributed by atoms with E-state index in [0.29, 0.717) is 36.5 Å². The van der Waals surface area contributed by atoms with Crippen LogP contribution in [0, 0.1) is 5.41 Å². The Morgan fingerprint density at radius 2 is 1.54 bits per heavy atom. The molecule has 10 nitrogen and oxygen atoms in total. The summed E-state index contributed by atoms with van der Waals surface area (Å²) in [4.78, 5) is 62.3. The summed E-state index contributed by atoms with van der Waals surface area (Å²) in [5.41, 5.74) is 2.34. The van der Waals surface area contributed by atoms with Gasteiger partial charge < -0.3 is 29.8 Å². The van der Waals surface area contributed by atoms with Crippen LogP contribution in [0.1, 0.15) is 58.5 Å². The lowest BCUT2D eigenvalue weighted by Crippen LogP contribution is -2.59. The zero-order valence-corrected chi connectivity index (χ0v) is 23.5. The van der Waals surface area contributed by atoms with Gasteiger partial charge in [-0.25, -0.2) is 4.79 Å². The maximum absolute atomic E-state index is 13.9. The van der Waals surface area contributed by atoms with Crippen LogP contribution in [0.25, 0.3) is 21.8 Å². The average Bonchev–Trinajstić information content (AvgIpc) is 3.75. The van der Waals surface area contributed by atoms with Crippen LogP contribution < -0.4 is 5.32 Å². The summed E-state index contributed by atoms with van der Waals surface area (Å²) in [5, 5.41) is 4.66. The van der Waals surface area contributed by atoms with Gasteiger partial charge in [-0.15, -0.1) is 0 Å². The maximum Gasteiger partial charge on any atom is 0.337 e. The standard InChI is InChI=1S/C31H33N5O5/c1-31(2,3)26(34-27(37)24-12-17-7-5-6-8-22(17)32-24)29(39)36-16-20-14-21(36)15-35(20)28(38)25-13-19-11-18(30(40)41-4)9-10-23(19)33-25/h5-13,20-21,26,32-33H,14-16H2,1-4H3,(H,34,37)/t20-,21-,26+/m0/s1. The van der Waals surface area contributed by atoms with Gasteiger partial charge in [0.2, 0.25) is 5.91 Å². The Bertz CT molecular complexity index is 1660. The van der Waals surface area contributed by atoms with E-state index in [0.717, 1.165) is 21.8 Å². The van der Waals surface area contributed by atoms with Gasteiger partial charge in [0.05, 0.1) is 24.8 Å². The monoisotopic (exact) mass is 555 g/mol. The van der Waals surface area contributed by atoms with Crippen molar-refractivity contribution in [1.82, 2.24) is 25.1 Å². The number of esters is 1. The molecule has 3 amide bonds. The second-order valence-corrected chi connectivity index (χ2v) is 12.0. The number of fused-ring (bicyclic) bond motifs is 4. The largest absolute Gasteiger partial charge is 0.465 e. The molecule has 2 fully saturated rings. The average molecular weight is 556 g/mol.